The van der Waals surface area contributed by atoms with Crippen molar-refractivity contribution in [2.24, 2.45) is 11.5 Å². The van der Waals surface area contributed by atoms with Gasteiger partial charge in [-0.15, -0.1) is 0 Å². The third-order valence-corrected chi connectivity index (χ3v) is 4.96. The van der Waals surface area contributed by atoms with Gasteiger partial charge in [-0.1, -0.05) is 6.92 Å². The lowest BCUT2D eigenvalue weighted by molar-refractivity contribution is -0.289. The van der Waals surface area contributed by atoms with Gasteiger partial charge in [-0.3, -0.25) is 0 Å². The minimum Gasteiger partial charge on any atom is -0.389 e. The zero-order chi connectivity index (χ0) is 18.7. The van der Waals surface area contributed by atoms with Crippen molar-refractivity contribution in [3.63, 3.8) is 0 Å². The van der Waals surface area contributed by atoms with Crippen LogP contribution in [-0.2, 0) is 9.47 Å². The highest BCUT2D eigenvalue weighted by Gasteiger charge is 2.48. The summed E-state index contributed by atoms with van der Waals surface area (Å²) in [5.74, 6) is 0. The Balaban J connectivity index is 2.06. The van der Waals surface area contributed by atoms with E-state index in [1.807, 2.05) is 6.92 Å². The molecular formula is C15H32N4O6. The molecule has 10 heteroatoms. The van der Waals surface area contributed by atoms with Crippen LogP contribution in [0.25, 0.3) is 0 Å². The third kappa shape index (κ3) is 4.48. The fraction of sp³-hybridized carbons (Fsp3) is 1.00. The normalized spacial score (nSPS) is 48.5. The maximum Gasteiger partial charge on any atom is 0.176 e. The van der Waals surface area contributed by atoms with Crippen LogP contribution < -0.4 is 22.1 Å². The maximum atomic E-state index is 10.4. The molecule has 1 saturated heterocycles. The predicted octanol–water partition coefficient (Wildman–Crippen LogP) is -4.20. The van der Waals surface area contributed by atoms with E-state index in [9.17, 15) is 20.4 Å². The fourth-order valence-corrected chi connectivity index (χ4v) is 3.50. The van der Waals surface area contributed by atoms with Gasteiger partial charge in [-0.2, -0.15) is 0 Å². The molecule has 148 valence electrons. The summed E-state index contributed by atoms with van der Waals surface area (Å²) in [5, 5.41) is 46.7. The molecule has 0 spiro atoms. The van der Waals surface area contributed by atoms with Crippen LogP contribution in [0.1, 0.15) is 13.3 Å². The fourth-order valence-electron chi connectivity index (χ4n) is 3.50. The predicted molar refractivity (Wildman–Crippen MR) is 89.5 cm³/mol. The molecule has 10 atom stereocenters. The summed E-state index contributed by atoms with van der Waals surface area (Å²) in [6.45, 7) is 2.82. The molecule has 2 fully saturated rings. The SMILES string of the molecule is CCNC1CC(N)C(OC2OC(CNC)C(O)C(O)C2N)C(O)C1O. The molecule has 2 rings (SSSR count). The lowest BCUT2D eigenvalue weighted by Gasteiger charge is -2.46. The van der Waals surface area contributed by atoms with Crippen molar-refractivity contribution in [1.82, 2.24) is 10.6 Å². The second kappa shape index (κ2) is 9.00. The first-order valence-corrected chi connectivity index (χ1v) is 8.74. The Kier molecular flexibility index (Phi) is 7.52. The summed E-state index contributed by atoms with van der Waals surface area (Å²) < 4.78 is 11.4. The number of hydrogen-bond acceptors (Lipinski definition) is 10. The van der Waals surface area contributed by atoms with E-state index in [0.717, 1.165) is 0 Å². The van der Waals surface area contributed by atoms with E-state index in [1.165, 1.54) is 0 Å². The summed E-state index contributed by atoms with van der Waals surface area (Å²) in [6.07, 6.45) is -6.96. The van der Waals surface area contributed by atoms with Gasteiger partial charge in [0.2, 0.25) is 0 Å². The highest BCUT2D eigenvalue weighted by molar-refractivity contribution is 5.00. The highest BCUT2D eigenvalue weighted by atomic mass is 16.7. The minimum atomic E-state index is -1.24. The largest absolute Gasteiger partial charge is 0.389 e. The van der Waals surface area contributed by atoms with Gasteiger partial charge in [0.15, 0.2) is 6.29 Å². The van der Waals surface area contributed by atoms with Crippen molar-refractivity contribution in [3.05, 3.63) is 0 Å². The number of hydrogen-bond donors (Lipinski definition) is 8. The average Bonchev–Trinajstić information content (AvgIpc) is 2.58. The molecule has 0 aromatic rings. The Hall–Kier alpha value is -0.400. The quantitative estimate of drug-likeness (QED) is 0.231. The van der Waals surface area contributed by atoms with Crippen molar-refractivity contribution >= 4 is 0 Å². The molecule has 10 nitrogen and oxygen atoms in total. The number of nitrogens with two attached hydrogens (primary N) is 2. The Morgan fingerprint density at radius 3 is 2.36 bits per heavy atom. The topological polar surface area (TPSA) is 175 Å². The number of aliphatic hydroxyl groups is 4. The third-order valence-electron chi connectivity index (χ3n) is 4.96. The lowest BCUT2D eigenvalue weighted by Crippen LogP contribution is -2.67. The molecule has 2 aliphatic rings. The minimum absolute atomic E-state index is 0.287. The molecule has 1 saturated carbocycles. The van der Waals surface area contributed by atoms with E-state index in [2.05, 4.69) is 10.6 Å². The summed E-state index contributed by atoms with van der Waals surface area (Å²) in [6, 6.07) is -1.89. The standard InChI is InChI=1S/C15H32N4O6/c1-3-19-7-4-6(16)14(13(23)10(7)20)25-15-9(17)12(22)11(21)8(24-15)5-18-2/h6-15,18-23H,3-5,16-17H2,1-2H3. The molecule has 1 heterocycles. The van der Waals surface area contributed by atoms with Crippen LogP contribution in [0.15, 0.2) is 0 Å². The van der Waals surface area contributed by atoms with E-state index in [-0.39, 0.29) is 12.6 Å². The molecule has 0 radical (unpaired) electrons. The van der Waals surface area contributed by atoms with Crippen molar-refractivity contribution in [3.8, 4) is 0 Å². The maximum absolute atomic E-state index is 10.4. The number of nitrogens with one attached hydrogen (secondary N) is 2. The van der Waals surface area contributed by atoms with Crippen molar-refractivity contribution in [1.29, 1.82) is 0 Å². The van der Waals surface area contributed by atoms with Crippen LogP contribution in [0.3, 0.4) is 0 Å². The summed E-state index contributed by atoms with van der Waals surface area (Å²) in [4.78, 5) is 0. The Morgan fingerprint density at radius 2 is 1.76 bits per heavy atom. The van der Waals surface area contributed by atoms with E-state index >= 15 is 0 Å². The Labute approximate surface area is 147 Å². The molecule has 1 aliphatic carbocycles. The number of rotatable bonds is 6. The number of aliphatic hydroxyl groups excluding tert-OH is 4. The molecule has 0 amide bonds. The van der Waals surface area contributed by atoms with Crippen LogP contribution >= 0.6 is 0 Å². The first-order valence-electron chi connectivity index (χ1n) is 8.74. The highest BCUT2D eigenvalue weighted by Crippen LogP contribution is 2.27. The van der Waals surface area contributed by atoms with Gasteiger partial charge in [0.1, 0.15) is 30.5 Å². The van der Waals surface area contributed by atoms with Gasteiger partial charge in [0.05, 0.1) is 12.1 Å². The molecule has 0 aromatic heterocycles. The van der Waals surface area contributed by atoms with Gasteiger partial charge >= 0.3 is 0 Å². The molecular weight excluding hydrogens is 332 g/mol. The zero-order valence-corrected chi connectivity index (χ0v) is 14.7. The second-order valence-corrected chi connectivity index (χ2v) is 6.80. The average molecular weight is 364 g/mol. The van der Waals surface area contributed by atoms with Crippen LogP contribution in [0.2, 0.25) is 0 Å². The number of ether oxygens (including phenoxy) is 2. The molecule has 10 N–H and O–H groups in total. The zero-order valence-electron chi connectivity index (χ0n) is 14.7. The van der Waals surface area contributed by atoms with Gasteiger partial charge < -0.3 is 52.0 Å². The van der Waals surface area contributed by atoms with Crippen molar-refractivity contribution in [2.45, 2.75) is 74.4 Å². The first kappa shape index (κ1) is 20.9. The molecule has 0 bridgehead atoms. The number of likely N-dealkylation sites (N-methyl/N-ethyl adjacent to an activating group) is 2. The van der Waals surface area contributed by atoms with Crippen LogP contribution in [0.5, 0.6) is 0 Å². The summed E-state index contributed by atoms with van der Waals surface area (Å²) in [5.41, 5.74) is 12.0. The van der Waals surface area contributed by atoms with Gasteiger partial charge in [-0.25, -0.2) is 0 Å². The summed E-state index contributed by atoms with van der Waals surface area (Å²) in [7, 11) is 1.69. The van der Waals surface area contributed by atoms with E-state index in [0.29, 0.717) is 13.0 Å². The summed E-state index contributed by atoms with van der Waals surface area (Å²) >= 11 is 0. The Morgan fingerprint density at radius 1 is 1.08 bits per heavy atom. The van der Waals surface area contributed by atoms with Crippen molar-refractivity contribution in [2.75, 3.05) is 20.1 Å². The van der Waals surface area contributed by atoms with E-state index in [1.54, 1.807) is 7.05 Å². The van der Waals surface area contributed by atoms with Crippen molar-refractivity contribution < 1.29 is 29.9 Å². The smallest absolute Gasteiger partial charge is 0.176 e. The molecule has 25 heavy (non-hydrogen) atoms. The van der Waals surface area contributed by atoms with Gasteiger partial charge in [0.25, 0.3) is 0 Å². The van der Waals surface area contributed by atoms with E-state index in [4.69, 9.17) is 20.9 Å². The van der Waals surface area contributed by atoms with E-state index < -0.39 is 55.0 Å². The van der Waals surface area contributed by atoms with Crippen LogP contribution in [0.4, 0.5) is 0 Å². The van der Waals surface area contributed by atoms with Gasteiger partial charge in [-0.05, 0) is 20.0 Å². The molecule has 0 aromatic carbocycles. The monoisotopic (exact) mass is 364 g/mol. The van der Waals surface area contributed by atoms with Crippen LogP contribution in [-0.4, -0.2) is 102 Å². The lowest BCUT2D eigenvalue weighted by atomic mass is 9.84. The first-order chi connectivity index (χ1) is 11.8. The Bertz CT molecular complexity index is 419. The second-order valence-electron chi connectivity index (χ2n) is 6.80. The molecule has 1 aliphatic heterocycles. The van der Waals surface area contributed by atoms with Gasteiger partial charge in [0, 0.05) is 18.6 Å². The van der Waals surface area contributed by atoms with Crippen LogP contribution in [0, 0.1) is 0 Å². The molecule has 10 unspecified atom stereocenters.